The van der Waals surface area contributed by atoms with Crippen molar-refractivity contribution < 1.29 is 14.7 Å². The lowest BCUT2D eigenvalue weighted by molar-refractivity contribution is -0.114. The lowest BCUT2D eigenvalue weighted by Gasteiger charge is -2.27. The third-order valence-corrected chi connectivity index (χ3v) is 2.95. The van der Waals surface area contributed by atoms with Gasteiger partial charge in [-0.15, -0.1) is 13.2 Å². The Morgan fingerprint density at radius 3 is 2.44 bits per heavy atom. The van der Waals surface area contributed by atoms with E-state index in [9.17, 15) is 14.7 Å². The van der Waals surface area contributed by atoms with E-state index in [1.807, 2.05) is 0 Å². The number of nitrogens with zero attached hydrogens (tertiary/aromatic N) is 1. The summed E-state index contributed by atoms with van der Waals surface area (Å²) in [6.07, 6.45) is 1.77. The van der Waals surface area contributed by atoms with Gasteiger partial charge in [0.25, 0.3) is 11.7 Å². The van der Waals surface area contributed by atoms with Crippen LogP contribution in [0.25, 0.3) is 0 Å². The molecule has 0 aromatic heterocycles. The van der Waals surface area contributed by atoms with Gasteiger partial charge in [-0.2, -0.15) is 0 Å². The second-order valence-corrected chi connectivity index (χ2v) is 3.97. The van der Waals surface area contributed by atoms with Gasteiger partial charge in [-0.05, 0) is 12.1 Å². The summed E-state index contributed by atoms with van der Waals surface area (Å²) in [4.78, 5) is 25.0. The van der Waals surface area contributed by atoms with Crippen LogP contribution in [-0.2, 0) is 4.79 Å². The molecule has 1 aliphatic rings. The van der Waals surface area contributed by atoms with E-state index in [4.69, 9.17) is 0 Å². The minimum Gasteiger partial charge on any atom is -0.387 e. The van der Waals surface area contributed by atoms with Crippen molar-refractivity contribution in [2.45, 2.75) is 12.1 Å². The molecule has 1 N–H and O–H groups in total. The molecule has 18 heavy (non-hydrogen) atoms. The summed E-state index contributed by atoms with van der Waals surface area (Å²) >= 11 is 0. The Morgan fingerprint density at radius 1 is 1.17 bits per heavy atom. The second kappa shape index (κ2) is 4.58. The first-order chi connectivity index (χ1) is 8.61. The summed E-state index contributed by atoms with van der Waals surface area (Å²) in [5.74, 6) is -1.21. The first kappa shape index (κ1) is 12.3. The van der Waals surface area contributed by atoms with Crippen LogP contribution in [0.1, 0.15) is 10.4 Å². The van der Waals surface area contributed by atoms with Crippen molar-refractivity contribution >= 4 is 17.4 Å². The molecule has 0 fully saturated rings. The summed E-state index contributed by atoms with van der Waals surface area (Å²) in [5.41, 5.74) is 0.851. The van der Waals surface area contributed by atoms with Crippen LogP contribution < -0.4 is 4.90 Å². The molecule has 1 heterocycles. The van der Waals surface area contributed by atoms with Crippen LogP contribution in [0.2, 0.25) is 0 Å². The largest absolute Gasteiger partial charge is 0.387 e. The molecule has 1 amide bonds. The summed E-state index contributed by atoms with van der Waals surface area (Å²) in [5, 5.41) is 9.81. The van der Waals surface area contributed by atoms with Crippen LogP contribution in [0, 0.1) is 0 Å². The van der Waals surface area contributed by atoms with Gasteiger partial charge in [0.2, 0.25) is 0 Å². The van der Waals surface area contributed by atoms with E-state index >= 15 is 0 Å². The van der Waals surface area contributed by atoms with Crippen LogP contribution in [0.3, 0.4) is 0 Å². The zero-order chi connectivity index (χ0) is 13.3. The van der Waals surface area contributed by atoms with Crippen molar-refractivity contribution in [1.29, 1.82) is 0 Å². The van der Waals surface area contributed by atoms with Crippen LogP contribution >= 0.6 is 0 Å². The Hall–Kier alpha value is -2.20. The van der Waals surface area contributed by atoms with Crippen LogP contribution in [0.4, 0.5) is 5.69 Å². The highest BCUT2D eigenvalue weighted by Crippen LogP contribution is 2.31. The summed E-state index contributed by atoms with van der Waals surface area (Å²) < 4.78 is 0. The minimum absolute atomic E-state index is 0.352. The van der Waals surface area contributed by atoms with Gasteiger partial charge in [-0.1, -0.05) is 24.3 Å². The molecule has 1 aliphatic heterocycles. The molecule has 0 aliphatic carbocycles. The number of rotatable bonds is 4. The Labute approximate surface area is 105 Å². The number of Topliss-reactive ketones (excluding diaryl/α,β-unsaturated/α-hetero) is 1. The lowest BCUT2D eigenvalue weighted by atomic mass is 10.1. The number of ketones is 1. The van der Waals surface area contributed by atoms with Gasteiger partial charge in [-0.25, -0.2) is 0 Å². The monoisotopic (exact) mass is 243 g/mol. The molecule has 0 saturated heterocycles. The summed E-state index contributed by atoms with van der Waals surface area (Å²) in [6.45, 7) is 7.07. The Kier molecular flexibility index (Phi) is 3.12. The first-order valence-electron chi connectivity index (χ1n) is 5.52. The predicted molar refractivity (Wildman–Crippen MR) is 68.4 cm³/mol. The van der Waals surface area contributed by atoms with Crippen molar-refractivity contribution in [3.05, 3.63) is 55.1 Å². The molecule has 1 aromatic rings. The fraction of sp³-hybridized carbons (Fsp3) is 0.143. The van der Waals surface area contributed by atoms with Crippen LogP contribution in [-0.4, -0.2) is 28.9 Å². The number of hydrogen-bond acceptors (Lipinski definition) is 3. The maximum atomic E-state index is 12.0. The summed E-state index contributed by atoms with van der Waals surface area (Å²) in [6, 6.07) is 6.00. The molecule has 92 valence electrons. The Balaban J connectivity index is 2.51. The standard InChI is InChI=1S/C14H13NO3/c1-3-10(12(16)4-2)15-11-8-6-5-7-9(11)13(17)14(15)18/h3-8,10,12,16H,1-2H2/t10?,12-/m1/s1. The third kappa shape index (κ3) is 1.67. The lowest BCUT2D eigenvalue weighted by Crippen LogP contribution is -2.44. The average Bonchev–Trinajstić information content (AvgIpc) is 2.65. The molecule has 2 atom stereocenters. The molecule has 0 bridgehead atoms. The molecule has 1 aromatic carbocycles. The van der Waals surface area contributed by atoms with E-state index in [0.29, 0.717) is 11.3 Å². The number of para-hydroxylation sites is 1. The van der Waals surface area contributed by atoms with E-state index in [-0.39, 0.29) is 0 Å². The number of amides is 1. The molecule has 0 radical (unpaired) electrons. The molecule has 2 rings (SSSR count). The average molecular weight is 243 g/mol. The zero-order valence-corrected chi connectivity index (χ0v) is 9.74. The van der Waals surface area contributed by atoms with Crippen molar-refractivity contribution in [2.24, 2.45) is 0 Å². The van der Waals surface area contributed by atoms with Crippen molar-refractivity contribution in [1.82, 2.24) is 0 Å². The quantitative estimate of drug-likeness (QED) is 0.641. The van der Waals surface area contributed by atoms with Crippen LogP contribution in [0.5, 0.6) is 0 Å². The second-order valence-electron chi connectivity index (χ2n) is 3.97. The maximum Gasteiger partial charge on any atom is 0.300 e. The van der Waals surface area contributed by atoms with E-state index in [1.165, 1.54) is 17.1 Å². The third-order valence-electron chi connectivity index (χ3n) is 2.95. The summed E-state index contributed by atoms with van der Waals surface area (Å²) in [7, 11) is 0. The predicted octanol–water partition coefficient (Wildman–Crippen LogP) is 1.32. The van der Waals surface area contributed by atoms with Crippen molar-refractivity contribution in [2.75, 3.05) is 4.90 Å². The fourth-order valence-corrected chi connectivity index (χ4v) is 2.04. The van der Waals surface area contributed by atoms with Crippen molar-refractivity contribution in [3.8, 4) is 0 Å². The number of hydrogen-bond donors (Lipinski definition) is 1. The van der Waals surface area contributed by atoms with Crippen LogP contribution in [0.15, 0.2) is 49.6 Å². The Bertz CT molecular complexity index is 536. The van der Waals surface area contributed by atoms with Gasteiger partial charge in [0.15, 0.2) is 0 Å². The number of carbonyl (C=O) groups excluding carboxylic acids is 2. The van der Waals surface area contributed by atoms with E-state index in [0.717, 1.165) is 0 Å². The normalized spacial score (nSPS) is 17.3. The number of aliphatic hydroxyl groups excluding tert-OH is 1. The first-order valence-corrected chi connectivity index (χ1v) is 5.52. The van der Waals surface area contributed by atoms with Gasteiger partial charge in [0.05, 0.1) is 23.4 Å². The number of fused-ring (bicyclic) bond motifs is 1. The number of aliphatic hydroxyl groups is 1. The molecular formula is C14H13NO3. The highest BCUT2D eigenvalue weighted by Gasteiger charge is 2.40. The minimum atomic E-state index is -0.967. The fourth-order valence-electron chi connectivity index (χ4n) is 2.04. The zero-order valence-electron chi connectivity index (χ0n) is 9.74. The van der Waals surface area contributed by atoms with E-state index in [1.54, 1.807) is 24.3 Å². The number of carbonyl (C=O) groups is 2. The smallest absolute Gasteiger partial charge is 0.300 e. The van der Waals surface area contributed by atoms with Gasteiger partial charge in [0, 0.05) is 0 Å². The number of anilines is 1. The molecule has 1 unspecified atom stereocenters. The highest BCUT2D eigenvalue weighted by atomic mass is 16.3. The van der Waals surface area contributed by atoms with Gasteiger partial charge >= 0.3 is 0 Å². The molecule has 0 saturated carbocycles. The molecular weight excluding hydrogens is 230 g/mol. The van der Waals surface area contributed by atoms with Gasteiger partial charge in [-0.3, -0.25) is 14.5 Å². The SMILES string of the molecule is C=CC([C@H](O)C=C)N1C(=O)C(=O)c2ccccc21. The maximum absolute atomic E-state index is 12.0. The number of benzene rings is 1. The van der Waals surface area contributed by atoms with Gasteiger partial charge < -0.3 is 5.11 Å². The van der Waals surface area contributed by atoms with E-state index < -0.39 is 23.8 Å². The highest BCUT2D eigenvalue weighted by molar-refractivity contribution is 6.52. The topological polar surface area (TPSA) is 57.6 Å². The molecule has 0 spiro atoms. The Morgan fingerprint density at radius 2 is 1.83 bits per heavy atom. The molecule has 4 nitrogen and oxygen atoms in total. The van der Waals surface area contributed by atoms with Gasteiger partial charge in [0.1, 0.15) is 0 Å². The molecule has 4 heteroatoms. The van der Waals surface area contributed by atoms with E-state index in [2.05, 4.69) is 13.2 Å². The van der Waals surface area contributed by atoms with Crippen molar-refractivity contribution in [3.63, 3.8) is 0 Å².